The number of carbonyl (C=O) groups is 1. The first kappa shape index (κ1) is 22.0. The second kappa shape index (κ2) is 10.3. The number of amides is 1. The number of likely N-dealkylation sites (tertiary alicyclic amines) is 1. The lowest BCUT2D eigenvalue weighted by molar-refractivity contribution is 0.0956. The number of guanidine groups is 1. The van der Waals surface area contributed by atoms with Crippen molar-refractivity contribution in [2.24, 2.45) is 10.4 Å². The largest absolute Gasteiger partial charge is 0.357 e. The number of halogens is 1. The zero-order chi connectivity index (χ0) is 18.4. The van der Waals surface area contributed by atoms with Gasteiger partial charge in [0.05, 0.1) is 6.54 Å². The predicted octanol–water partition coefficient (Wildman–Crippen LogP) is 3.79. The number of aliphatic imine (C=N–C) groups is 1. The van der Waals surface area contributed by atoms with E-state index in [1.54, 1.807) is 0 Å². The fourth-order valence-corrected chi connectivity index (χ4v) is 4.27. The second-order valence-corrected chi connectivity index (χ2v) is 7.61. The molecule has 2 N–H and O–H groups in total. The predicted molar refractivity (Wildman–Crippen MR) is 122 cm³/mol. The Kier molecular flexibility index (Phi) is 8.38. The standard InChI is InChI=1S/C21H32N4O.HI/c1-3-22-19(26)18-9-7-17(8-10-18)15-24-20(23-4-2)25-14-13-21(16-25)11-5-6-12-21;/h7-10H,3-6,11-16H2,1-2H3,(H,22,26)(H,23,24);1H. The number of nitrogens with one attached hydrogen (secondary N) is 2. The Morgan fingerprint density at radius 1 is 1.07 bits per heavy atom. The van der Waals surface area contributed by atoms with Gasteiger partial charge in [0, 0.05) is 31.7 Å². The molecule has 3 rings (SSSR count). The summed E-state index contributed by atoms with van der Waals surface area (Å²) in [5, 5.41) is 6.29. The fraction of sp³-hybridized carbons (Fsp3) is 0.619. The van der Waals surface area contributed by atoms with E-state index in [1.807, 2.05) is 31.2 Å². The van der Waals surface area contributed by atoms with Crippen molar-refractivity contribution in [3.8, 4) is 0 Å². The van der Waals surface area contributed by atoms with Crippen LogP contribution in [0.1, 0.15) is 61.9 Å². The molecule has 1 aromatic carbocycles. The van der Waals surface area contributed by atoms with Crippen LogP contribution in [0.5, 0.6) is 0 Å². The average molecular weight is 484 g/mol. The Labute approximate surface area is 180 Å². The molecule has 0 bridgehead atoms. The highest BCUT2D eigenvalue weighted by molar-refractivity contribution is 14.0. The van der Waals surface area contributed by atoms with Crippen LogP contribution < -0.4 is 10.6 Å². The van der Waals surface area contributed by atoms with Crippen LogP contribution in [0.4, 0.5) is 0 Å². The van der Waals surface area contributed by atoms with Gasteiger partial charge in [-0.15, -0.1) is 24.0 Å². The van der Waals surface area contributed by atoms with Gasteiger partial charge in [0.15, 0.2) is 5.96 Å². The maximum atomic E-state index is 11.8. The van der Waals surface area contributed by atoms with E-state index >= 15 is 0 Å². The van der Waals surface area contributed by atoms with Crippen molar-refractivity contribution in [3.05, 3.63) is 35.4 Å². The number of benzene rings is 1. The third-order valence-electron chi connectivity index (χ3n) is 5.70. The van der Waals surface area contributed by atoms with E-state index in [2.05, 4.69) is 22.5 Å². The molecule has 1 heterocycles. The minimum absolute atomic E-state index is 0. The molecule has 2 fully saturated rings. The van der Waals surface area contributed by atoms with Crippen molar-refractivity contribution >= 4 is 35.8 Å². The summed E-state index contributed by atoms with van der Waals surface area (Å²) in [6, 6.07) is 7.76. The van der Waals surface area contributed by atoms with Crippen molar-refractivity contribution in [2.45, 2.75) is 52.5 Å². The van der Waals surface area contributed by atoms with Crippen molar-refractivity contribution < 1.29 is 4.79 Å². The van der Waals surface area contributed by atoms with Gasteiger partial charge in [-0.05, 0) is 56.2 Å². The van der Waals surface area contributed by atoms with Gasteiger partial charge in [-0.3, -0.25) is 4.79 Å². The van der Waals surface area contributed by atoms with Crippen LogP contribution in [0.25, 0.3) is 0 Å². The Balaban J connectivity index is 0.00000261. The molecular weight excluding hydrogens is 451 g/mol. The molecule has 0 aromatic heterocycles. The summed E-state index contributed by atoms with van der Waals surface area (Å²) in [5.41, 5.74) is 2.38. The zero-order valence-electron chi connectivity index (χ0n) is 16.6. The summed E-state index contributed by atoms with van der Waals surface area (Å²) >= 11 is 0. The van der Waals surface area contributed by atoms with E-state index in [1.165, 1.54) is 32.1 Å². The molecule has 0 unspecified atom stereocenters. The summed E-state index contributed by atoms with van der Waals surface area (Å²) in [5.74, 6) is 1.01. The van der Waals surface area contributed by atoms with Crippen LogP contribution in [0.2, 0.25) is 0 Å². The molecule has 27 heavy (non-hydrogen) atoms. The summed E-state index contributed by atoms with van der Waals surface area (Å²) in [6.45, 7) is 8.49. The van der Waals surface area contributed by atoms with E-state index in [0.717, 1.165) is 31.2 Å². The smallest absolute Gasteiger partial charge is 0.251 e. The minimum atomic E-state index is -0.0187. The minimum Gasteiger partial charge on any atom is -0.357 e. The van der Waals surface area contributed by atoms with Gasteiger partial charge in [0.25, 0.3) is 5.91 Å². The molecule has 5 nitrogen and oxygen atoms in total. The van der Waals surface area contributed by atoms with E-state index in [9.17, 15) is 4.79 Å². The highest BCUT2D eigenvalue weighted by Gasteiger charge is 2.41. The second-order valence-electron chi connectivity index (χ2n) is 7.61. The number of nitrogens with zero attached hydrogens (tertiary/aromatic N) is 2. The molecule has 1 aromatic rings. The summed E-state index contributed by atoms with van der Waals surface area (Å²) in [6.07, 6.45) is 6.84. The first-order valence-electron chi connectivity index (χ1n) is 10.1. The fourth-order valence-electron chi connectivity index (χ4n) is 4.27. The summed E-state index contributed by atoms with van der Waals surface area (Å²) in [7, 11) is 0. The maximum absolute atomic E-state index is 11.8. The highest BCUT2D eigenvalue weighted by Crippen LogP contribution is 2.45. The molecule has 2 aliphatic rings. The Morgan fingerprint density at radius 3 is 2.37 bits per heavy atom. The summed E-state index contributed by atoms with van der Waals surface area (Å²) in [4.78, 5) is 19.2. The van der Waals surface area contributed by atoms with Crippen LogP contribution in [0.15, 0.2) is 29.3 Å². The van der Waals surface area contributed by atoms with Gasteiger partial charge < -0.3 is 15.5 Å². The van der Waals surface area contributed by atoms with Crippen molar-refractivity contribution in [1.29, 1.82) is 0 Å². The molecule has 1 saturated carbocycles. The van der Waals surface area contributed by atoms with Crippen molar-refractivity contribution in [2.75, 3.05) is 26.2 Å². The molecule has 1 aliphatic carbocycles. The van der Waals surface area contributed by atoms with Crippen LogP contribution >= 0.6 is 24.0 Å². The van der Waals surface area contributed by atoms with Crippen LogP contribution in [-0.4, -0.2) is 42.9 Å². The molecule has 1 spiro atoms. The monoisotopic (exact) mass is 484 g/mol. The number of hydrogen-bond acceptors (Lipinski definition) is 2. The van der Waals surface area contributed by atoms with Crippen LogP contribution in [0.3, 0.4) is 0 Å². The summed E-state index contributed by atoms with van der Waals surface area (Å²) < 4.78 is 0. The Bertz CT molecular complexity index is 638. The zero-order valence-corrected chi connectivity index (χ0v) is 18.9. The van der Waals surface area contributed by atoms with Gasteiger partial charge in [0.2, 0.25) is 0 Å². The third-order valence-corrected chi connectivity index (χ3v) is 5.70. The van der Waals surface area contributed by atoms with Gasteiger partial charge >= 0.3 is 0 Å². The van der Waals surface area contributed by atoms with E-state index < -0.39 is 0 Å². The molecule has 1 aliphatic heterocycles. The average Bonchev–Trinajstić information content (AvgIpc) is 3.29. The van der Waals surface area contributed by atoms with E-state index in [4.69, 9.17) is 4.99 Å². The van der Waals surface area contributed by atoms with Crippen molar-refractivity contribution in [1.82, 2.24) is 15.5 Å². The normalized spacial score (nSPS) is 18.4. The van der Waals surface area contributed by atoms with E-state index in [-0.39, 0.29) is 29.9 Å². The lowest BCUT2D eigenvalue weighted by Crippen LogP contribution is -2.41. The number of hydrogen-bond donors (Lipinski definition) is 2. The van der Waals surface area contributed by atoms with Crippen LogP contribution in [-0.2, 0) is 6.54 Å². The first-order valence-corrected chi connectivity index (χ1v) is 10.1. The third kappa shape index (κ3) is 5.59. The Morgan fingerprint density at radius 2 is 1.74 bits per heavy atom. The Hall–Kier alpha value is -1.31. The highest BCUT2D eigenvalue weighted by atomic mass is 127. The first-order chi connectivity index (χ1) is 12.7. The lowest BCUT2D eigenvalue weighted by atomic mass is 9.86. The molecular formula is C21H33IN4O. The van der Waals surface area contributed by atoms with Gasteiger partial charge in [0.1, 0.15) is 0 Å². The quantitative estimate of drug-likeness (QED) is 0.380. The van der Waals surface area contributed by atoms with Gasteiger partial charge in [-0.1, -0.05) is 25.0 Å². The van der Waals surface area contributed by atoms with Crippen LogP contribution in [0, 0.1) is 5.41 Å². The molecule has 1 saturated heterocycles. The SMILES string of the molecule is CCNC(=O)c1ccc(CN=C(NCC)N2CCC3(CCCC3)C2)cc1.I. The van der Waals surface area contributed by atoms with Crippen molar-refractivity contribution in [3.63, 3.8) is 0 Å². The molecule has 1 amide bonds. The molecule has 0 atom stereocenters. The van der Waals surface area contributed by atoms with E-state index in [0.29, 0.717) is 24.1 Å². The lowest BCUT2D eigenvalue weighted by Gasteiger charge is -2.26. The number of carbonyl (C=O) groups excluding carboxylic acids is 1. The molecule has 150 valence electrons. The maximum Gasteiger partial charge on any atom is 0.251 e. The molecule has 6 heteroatoms. The van der Waals surface area contributed by atoms with Gasteiger partial charge in [-0.25, -0.2) is 4.99 Å². The molecule has 0 radical (unpaired) electrons. The number of rotatable bonds is 5. The topological polar surface area (TPSA) is 56.7 Å². The van der Waals surface area contributed by atoms with Gasteiger partial charge in [-0.2, -0.15) is 0 Å².